The van der Waals surface area contributed by atoms with Crippen LogP contribution in [0.5, 0.6) is 0 Å². The molecule has 3 N–H and O–H groups in total. The molecule has 0 aromatic heterocycles. The summed E-state index contributed by atoms with van der Waals surface area (Å²) in [5.41, 5.74) is 0. The minimum atomic E-state index is -0.914. The number of carboxylic acid groups (broad SMARTS) is 1. The average Bonchev–Trinajstić information content (AvgIpc) is 2.32. The van der Waals surface area contributed by atoms with Gasteiger partial charge in [-0.25, -0.2) is 4.79 Å². The van der Waals surface area contributed by atoms with Gasteiger partial charge in [-0.3, -0.25) is 4.79 Å². The molecule has 0 aromatic rings. The Morgan fingerprint density at radius 3 is 2.44 bits per heavy atom. The quantitative estimate of drug-likeness (QED) is 0.544. The number of carboxylic acids is 1. The summed E-state index contributed by atoms with van der Waals surface area (Å²) in [6.45, 7) is 4.57. The molecule has 2 unspecified atom stereocenters. The van der Waals surface area contributed by atoms with E-state index in [0.29, 0.717) is 6.54 Å². The molecule has 0 saturated carbocycles. The van der Waals surface area contributed by atoms with Crippen molar-refractivity contribution in [1.29, 1.82) is 0 Å². The Morgan fingerprint density at radius 2 is 1.89 bits per heavy atom. The summed E-state index contributed by atoms with van der Waals surface area (Å²) < 4.78 is 4.92. The van der Waals surface area contributed by atoms with Gasteiger partial charge in [-0.1, -0.05) is 0 Å². The van der Waals surface area contributed by atoms with Gasteiger partial charge in [-0.2, -0.15) is 0 Å². The summed E-state index contributed by atoms with van der Waals surface area (Å²) in [4.78, 5) is 22.1. The normalized spacial score (nSPS) is 13.7. The Labute approximate surface area is 108 Å². The summed E-state index contributed by atoms with van der Waals surface area (Å²) in [5.74, 6) is -1.51. The molecule has 0 aliphatic heterocycles. The van der Waals surface area contributed by atoms with Crippen LogP contribution in [0.15, 0.2) is 0 Å². The molecule has 0 spiro atoms. The van der Waals surface area contributed by atoms with Crippen molar-refractivity contribution < 1.29 is 19.4 Å². The van der Waals surface area contributed by atoms with Crippen LogP contribution >= 0.6 is 0 Å². The van der Waals surface area contributed by atoms with Crippen LogP contribution in [-0.2, 0) is 9.53 Å². The first-order chi connectivity index (χ1) is 8.49. The van der Waals surface area contributed by atoms with Crippen LogP contribution in [0.3, 0.4) is 0 Å². The Bertz CT molecular complexity index is 258. The number of hydrogen-bond acceptors (Lipinski definition) is 3. The van der Waals surface area contributed by atoms with Crippen LogP contribution in [0.25, 0.3) is 0 Å². The van der Waals surface area contributed by atoms with Crippen molar-refractivity contribution in [3.63, 3.8) is 0 Å². The molecule has 0 radical (unpaired) electrons. The molecule has 2 atom stereocenters. The number of amides is 2. The minimum Gasteiger partial charge on any atom is -0.481 e. The lowest BCUT2D eigenvalue weighted by Gasteiger charge is -2.18. The monoisotopic (exact) mass is 260 g/mol. The number of methoxy groups -OCH3 is 1. The molecule has 0 aromatic carbocycles. The topological polar surface area (TPSA) is 87.7 Å². The van der Waals surface area contributed by atoms with Gasteiger partial charge in [0.15, 0.2) is 0 Å². The van der Waals surface area contributed by atoms with Gasteiger partial charge in [-0.15, -0.1) is 0 Å². The predicted octanol–water partition coefficient (Wildman–Crippen LogP) is 1.21. The standard InChI is InChI=1S/C12H24N2O4/c1-9(11(15)16)10(2)14-12(17)13-7-5-4-6-8-18-3/h9-10H,4-8H2,1-3H3,(H,15,16)(H2,13,14,17). The molecule has 0 bridgehead atoms. The van der Waals surface area contributed by atoms with Crippen molar-refractivity contribution in [2.75, 3.05) is 20.3 Å². The zero-order chi connectivity index (χ0) is 14.0. The zero-order valence-electron chi connectivity index (χ0n) is 11.4. The molecule has 0 rings (SSSR count). The minimum absolute atomic E-state index is 0.317. The fourth-order valence-electron chi connectivity index (χ4n) is 1.35. The van der Waals surface area contributed by atoms with E-state index in [4.69, 9.17) is 9.84 Å². The van der Waals surface area contributed by atoms with E-state index in [0.717, 1.165) is 25.9 Å². The highest BCUT2D eigenvalue weighted by molar-refractivity contribution is 5.76. The summed E-state index contributed by atoms with van der Waals surface area (Å²) in [6.07, 6.45) is 2.86. The van der Waals surface area contributed by atoms with Crippen molar-refractivity contribution in [3.8, 4) is 0 Å². The molecule has 106 valence electrons. The summed E-state index contributed by atoms with van der Waals surface area (Å²) in [6, 6.07) is -0.710. The Kier molecular flexibility index (Phi) is 9.00. The summed E-state index contributed by atoms with van der Waals surface area (Å²) in [7, 11) is 1.66. The van der Waals surface area contributed by atoms with E-state index >= 15 is 0 Å². The first-order valence-electron chi connectivity index (χ1n) is 6.25. The third-order valence-electron chi connectivity index (χ3n) is 2.81. The van der Waals surface area contributed by atoms with Crippen LogP contribution in [-0.4, -0.2) is 43.4 Å². The number of aliphatic carboxylic acids is 1. The molecule has 6 nitrogen and oxygen atoms in total. The van der Waals surface area contributed by atoms with E-state index < -0.39 is 17.9 Å². The first-order valence-corrected chi connectivity index (χ1v) is 6.25. The highest BCUT2D eigenvalue weighted by Crippen LogP contribution is 2.01. The maximum absolute atomic E-state index is 11.4. The number of urea groups is 1. The maximum Gasteiger partial charge on any atom is 0.315 e. The summed E-state index contributed by atoms with van der Waals surface area (Å²) >= 11 is 0. The van der Waals surface area contributed by atoms with Crippen molar-refractivity contribution in [1.82, 2.24) is 10.6 Å². The molecule has 0 aliphatic carbocycles. The van der Waals surface area contributed by atoms with Crippen LogP contribution in [0.4, 0.5) is 4.79 Å². The second-order valence-electron chi connectivity index (χ2n) is 4.37. The molecular formula is C12H24N2O4. The largest absolute Gasteiger partial charge is 0.481 e. The highest BCUT2D eigenvalue weighted by Gasteiger charge is 2.20. The Hall–Kier alpha value is -1.30. The molecule has 0 fully saturated rings. The molecule has 0 aliphatic rings. The second kappa shape index (κ2) is 9.70. The van der Waals surface area contributed by atoms with Gasteiger partial charge >= 0.3 is 12.0 Å². The SMILES string of the molecule is COCCCCCNC(=O)NC(C)C(C)C(=O)O. The van der Waals surface area contributed by atoms with Crippen molar-refractivity contribution in [2.45, 2.75) is 39.2 Å². The fraction of sp³-hybridized carbons (Fsp3) is 0.833. The number of carbonyl (C=O) groups excluding carboxylic acids is 1. The van der Waals surface area contributed by atoms with E-state index in [2.05, 4.69) is 10.6 Å². The number of carbonyl (C=O) groups is 2. The van der Waals surface area contributed by atoms with Gasteiger partial charge in [0.25, 0.3) is 0 Å². The zero-order valence-corrected chi connectivity index (χ0v) is 11.4. The Morgan fingerprint density at radius 1 is 1.22 bits per heavy atom. The molecule has 6 heteroatoms. The molecule has 18 heavy (non-hydrogen) atoms. The van der Waals surface area contributed by atoms with Crippen molar-refractivity contribution in [2.24, 2.45) is 5.92 Å². The van der Waals surface area contributed by atoms with E-state index in [1.807, 2.05) is 0 Å². The lowest BCUT2D eigenvalue weighted by atomic mass is 10.0. The maximum atomic E-state index is 11.4. The van der Waals surface area contributed by atoms with Gasteiger partial charge in [0.2, 0.25) is 0 Å². The van der Waals surface area contributed by atoms with E-state index in [9.17, 15) is 9.59 Å². The number of unbranched alkanes of at least 4 members (excludes halogenated alkanes) is 2. The smallest absolute Gasteiger partial charge is 0.315 e. The number of rotatable bonds is 9. The molecule has 2 amide bonds. The second-order valence-corrected chi connectivity index (χ2v) is 4.37. The van der Waals surface area contributed by atoms with Gasteiger partial charge in [0.1, 0.15) is 0 Å². The van der Waals surface area contributed by atoms with E-state index in [-0.39, 0.29) is 6.03 Å². The highest BCUT2D eigenvalue weighted by atomic mass is 16.5. The van der Waals surface area contributed by atoms with Crippen LogP contribution < -0.4 is 10.6 Å². The summed E-state index contributed by atoms with van der Waals surface area (Å²) in [5, 5.41) is 14.1. The fourth-order valence-corrected chi connectivity index (χ4v) is 1.35. The van der Waals surface area contributed by atoms with Crippen molar-refractivity contribution >= 4 is 12.0 Å². The molecule has 0 heterocycles. The lowest BCUT2D eigenvalue weighted by Crippen LogP contribution is -2.45. The van der Waals surface area contributed by atoms with Crippen LogP contribution in [0, 0.1) is 5.92 Å². The first kappa shape index (κ1) is 16.7. The average molecular weight is 260 g/mol. The van der Waals surface area contributed by atoms with E-state index in [1.54, 1.807) is 21.0 Å². The lowest BCUT2D eigenvalue weighted by molar-refractivity contribution is -0.141. The number of nitrogens with one attached hydrogen (secondary N) is 2. The van der Waals surface area contributed by atoms with Gasteiger partial charge in [0.05, 0.1) is 5.92 Å². The van der Waals surface area contributed by atoms with Gasteiger partial charge < -0.3 is 20.5 Å². The van der Waals surface area contributed by atoms with E-state index in [1.165, 1.54) is 0 Å². The number of hydrogen-bond donors (Lipinski definition) is 3. The third kappa shape index (κ3) is 7.89. The van der Waals surface area contributed by atoms with Gasteiger partial charge in [-0.05, 0) is 33.1 Å². The van der Waals surface area contributed by atoms with Crippen LogP contribution in [0.2, 0.25) is 0 Å². The van der Waals surface area contributed by atoms with Gasteiger partial charge in [0, 0.05) is 26.3 Å². The van der Waals surface area contributed by atoms with Crippen LogP contribution in [0.1, 0.15) is 33.1 Å². The Balaban J connectivity index is 3.62. The number of ether oxygens (including phenoxy) is 1. The molecular weight excluding hydrogens is 236 g/mol. The third-order valence-corrected chi connectivity index (χ3v) is 2.81. The van der Waals surface area contributed by atoms with Crippen molar-refractivity contribution in [3.05, 3.63) is 0 Å². The predicted molar refractivity (Wildman–Crippen MR) is 68.5 cm³/mol. The molecule has 0 saturated heterocycles.